The van der Waals surface area contributed by atoms with Crippen molar-refractivity contribution >= 4 is 39.1 Å². The Morgan fingerprint density at radius 1 is 0.923 bits per heavy atom. The number of para-hydroxylation sites is 1. The Kier molecular flexibility index (Phi) is 10.5. The zero-order valence-electron chi connectivity index (χ0n) is 22.8. The van der Waals surface area contributed by atoms with Crippen molar-refractivity contribution in [2.45, 2.75) is 45.7 Å². The van der Waals surface area contributed by atoms with E-state index in [1.807, 2.05) is 69.3 Å². The van der Waals surface area contributed by atoms with Gasteiger partial charge in [0.15, 0.2) is 0 Å². The summed E-state index contributed by atoms with van der Waals surface area (Å²) in [4.78, 5) is 28.9. The van der Waals surface area contributed by atoms with E-state index in [-0.39, 0.29) is 24.8 Å². The molecule has 0 saturated carbocycles. The maximum Gasteiger partial charge on any atom is 0.244 e. The molecule has 3 aromatic rings. The molecule has 1 atom stereocenters. The number of rotatable bonds is 12. The summed E-state index contributed by atoms with van der Waals surface area (Å²) in [6, 6.07) is 22.8. The SMILES string of the molecule is CCNC(=O)[C@@H](Cc1ccccc1)N(Cc1cccc(Cl)c1)C(=O)CN(c1ccccc1C(C)C)S(C)(=O)=O. The predicted octanol–water partition coefficient (Wildman–Crippen LogP) is 5.01. The Balaban J connectivity index is 2.08. The van der Waals surface area contributed by atoms with Gasteiger partial charge in [-0.2, -0.15) is 0 Å². The fourth-order valence-corrected chi connectivity index (χ4v) is 5.56. The number of carbonyl (C=O) groups excluding carboxylic acids is 2. The van der Waals surface area contributed by atoms with E-state index in [4.69, 9.17) is 11.6 Å². The fraction of sp³-hybridized carbons (Fsp3) is 0.333. The topological polar surface area (TPSA) is 86.8 Å². The van der Waals surface area contributed by atoms with Crippen LogP contribution in [-0.4, -0.2) is 50.5 Å². The molecule has 0 radical (unpaired) electrons. The minimum absolute atomic E-state index is 0.0317. The lowest BCUT2D eigenvalue weighted by Gasteiger charge is -2.34. The summed E-state index contributed by atoms with van der Waals surface area (Å²) < 4.78 is 27.2. The molecular formula is C30H36ClN3O4S. The number of benzene rings is 3. The molecule has 0 bridgehead atoms. The molecule has 9 heteroatoms. The van der Waals surface area contributed by atoms with Gasteiger partial charge in [-0.25, -0.2) is 8.42 Å². The van der Waals surface area contributed by atoms with Crippen LogP contribution in [0.15, 0.2) is 78.9 Å². The van der Waals surface area contributed by atoms with Gasteiger partial charge < -0.3 is 10.2 Å². The summed E-state index contributed by atoms with van der Waals surface area (Å²) in [5.74, 6) is -0.777. The molecule has 0 aliphatic carbocycles. The number of nitrogens with zero attached hydrogens (tertiary/aromatic N) is 2. The van der Waals surface area contributed by atoms with E-state index in [0.717, 1.165) is 27.3 Å². The second-order valence-electron chi connectivity index (χ2n) is 9.73. The van der Waals surface area contributed by atoms with Gasteiger partial charge in [0.1, 0.15) is 12.6 Å². The van der Waals surface area contributed by atoms with Gasteiger partial charge in [-0.3, -0.25) is 13.9 Å². The summed E-state index contributed by atoms with van der Waals surface area (Å²) in [7, 11) is -3.83. The van der Waals surface area contributed by atoms with Crippen LogP contribution in [0, 0.1) is 0 Å². The van der Waals surface area contributed by atoms with Crippen molar-refractivity contribution in [1.29, 1.82) is 0 Å². The Hall–Kier alpha value is -3.36. The van der Waals surface area contributed by atoms with E-state index in [1.165, 1.54) is 4.90 Å². The number of hydrogen-bond donors (Lipinski definition) is 1. The molecule has 0 fully saturated rings. The van der Waals surface area contributed by atoms with Gasteiger partial charge in [-0.05, 0) is 47.7 Å². The van der Waals surface area contributed by atoms with Gasteiger partial charge in [0.2, 0.25) is 21.8 Å². The zero-order chi connectivity index (χ0) is 28.6. The molecule has 0 saturated heterocycles. The van der Waals surface area contributed by atoms with Crippen molar-refractivity contribution in [3.8, 4) is 0 Å². The lowest BCUT2D eigenvalue weighted by molar-refractivity contribution is -0.140. The highest BCUT2D eigenvalue weighted by atomic mass is 35.5. The van der Waals surface area contributed by atoms with Crippen LogP contribution < -0.4 is 9.62 Å². The monoisotopic (exact) mass is 569 g/mol. The molecule has 3 aromatic carbocycles. The molecule has 2 amide bonds. The maximum absolute atomic E-state index is 14.1. The lowest BCUT2D eigenvalue weighted by Crippen LogP contribution is -2.53. The second kappa shape index (κ2) is 13.6. The third-order valence-electron chi connectivity index (χ3n) is 6.37. The molecule has 0 spiro atoms. The van der Waals surface area contributed by atoms with Gasteiger partial charge in [-0.1, -0.05) is 86.1 Å². The summed E-state index contributed by atoms with van der Waals surface area (Å²) in [5, 5.41) is 3.35. The largest absolute Gasteiger partial charge is 0.355 e. The van der Waals surface area contributed by atoms with Crippen molar-refractivity contribution in [3.63, 3.8) is 0 Å². The normalized spacial score (nSPS) is 12.2. The number of hydrogen-bond acceptors (Lipinski definition) is 4. The number of nitrogens with one attached hydrogen (secondary N) is 1. The molecule has 208 valence electrons. The van der Waals surface area contributed by atoms with Gasteiger partial charge in [-0.15, -0.1) is 0 Å². The zero-order valence-corrected chi connectivity index (χ0v) is 24.4. The molecule has 1 N–H and O–H groups in total. The number of halogens is 1. The molecule has 39 heavy (non-hydrogen) atoms. The first-order valence-corrected chi connectivity index (χ1v) is 15.2. The Morgan fingerprint density at radius 3 is 2.18 bits per heavy atom. The minimum atomic E-state index is -3.83. The molecule has 0 aromatic heterocycles. The highest BCUT2D eigenvalue weighted by molar-refractivity contribution is 7.92. The molecule has 0 aliphatic heterocycles. The van der Waals surface area contributed by atoms with Crippen LogP contribution in [0.25, 0.3) is 0 Å². The third-order valence-corrected chi connectivity index (χ3v) is 7.73. The molecule has 0 unspecified atom stereocenters. The maximum atomic E-state index is 14.1. The number of amides is 2. The van der Waals surface area contributed by atoms with Crippen LogP contribution in [0.2, 0.25) is 5.02 Å². The number of sulfonamides is 1. The van der Waals surface area contributed by atoms with Gasteiger partial charge in [0.05, 0.1) is 11.9 Å². The summed E-state index contributed by atoms with van der Waals surface area (Å²) in [6.07, 6.45) is 1.35. The van der Waals surface area contributed by atoms with Crippen LogP contribution >= 0.6 is 11.6 Å². The Labute approximate surface area is 236 Å². The van der Waals surface area contributed by atoms with Crippen LogP contribution in [0.5, 0.6) is 0 Å². The summed E-state index contributed by atoms with van der Waals surface area (Å²) in [5.41, 5.74) is 2.86. The number of carbonyl (C=O) groups is 2. The quantitative estimate of drug-likeness (QED) is 0.332. The highest BCUT2D eigenvalue weighted by Gasteiger charge is 2.33. The minimum Gasteiger partial charge on any atom is -0.355 e. The Morgan fingerprint density at radius 2 is 1.56 bits per heavy atom. The molecule has 0 aliphatic rings. The van der Waals surface area contributed by atoms with Crippen molar-refractivity contribution in [1.82, 2.24) is 10.2 Å². The van der Waals surface area contributed by atoms with E-state index in [9.17, 15) is 18.0 Å². The average Bonchev–Trinajstić information content (AvgIpc) is 2.89. The molecule has 7 nitrogen and oxygen atoms in total. The smallest absolute Gasteiger partial charge is 0.244 e. The summed E-state index contributed by atoms with van der Waals surface area (Å²) >= 11 is 6.23. The van der Waals surface area contributed by atoms with E-state index >= 15 is 0 Å². The van der Waals surface area contributed by atoms with Crippen molar-refractivity contribution in [3.05, 3.63) is 101 Å². The first kappa shape index (κ1) is 30.2. The van der Waals surface area contributed by atoms with E-state index < -0.39 is 28.5 Å². The first-order chi connectivity index (χ1) is 18.5. The molecular weight excluding hydrogens is 534 g/mol. The predicted molar refractivity (Wildman–Crippen MR) is 157 cm³/mol. The van der Waals surface area contributed by atoms with E-state index in [0.29, 0.717) is 17.3 Å². The van der Waals surface area contributed by atoms with Gasteiger partial charge in [0.25, 0.3) is 0 Å². The molecule has 0 heterocycles. The fourth-order valence-electron chi connectivity index (χ4n) is 4.48. The van der Waals surface area contributed by atoms with Crippen molar-refractivity contribution in [2.24, 2.45) is 0 Å². The van der Waals surface area contributed by atoms with Crippen molar-refractivity contribution in [2.75, 3.05) is 23.7 Å². The number of likely N-dealkylation sites (N-methyl/N-ethyl adjacent to an activating group) is 1. The van der Waals surface area contributed by atoms with Crippen LogP contribution in [0.1, 0.15) is 43.4 Å². The average molecular weight is 570 g/mol. The number of anilines is 1. The molecule has 3 rings (SSSR count). The Bertz CT molecular complexity index is 1380. The van der Waals surface area contributed by atoms with Crippen LogP contribution in [-0.2, 0) is 32.6 Å². The lowest BCUT2D eigenvalue weighted by atomic mass is 10.0. The summed E-state index contributed by atoms with van der Waals surface area (Å²) in [6.45, 7) is 5.77. The third kappa shape index (κ3) is 8.31. The van der Waals surface area contributed by atoms with Crippen LogP contribution in [0.3, 0.4) is 0 Å². The standard InChI is InChI=1S/C30H36ClN3O4S/c1-5-32-30(36)28(19-23-12-7-6-8-13-23)33(20-24-14-11-15-25(31)18-24)29(35)21-34(39(4,37)38)27-17-10-9-16-26(27)22(2)3/h6-18,22,28H,5,19-21H2,1-4H3,(H,32,36)/t28-/m1/s1. The first-order valence-electron chi connectivity index (χ1n) is 12.9. The van der Waals surface area contributed by atoms with Crippen LogP contribution in [0.4, 0.5) is 5.69 Å². The van der Waals surface area contributed by atoms with Gasteiger partial charge in [0, 0.05) is 24.5 Å². The van der Waals surface area contributed by atoms with E-state index in [2.05, 4.69) is 5.32 Å². The second-order valence-corrected chi connectivity index (χ2v) is 12.1. The highest BCUT2D eigenvalue weighted by Crippen LogP contribution is 2.29. The van der Waals surface area contributed by atoms with Gasteiger partial charge >= 0.3 is 0 Å². The van der Waals surface area contributed by atoms with E-state index in [1.54, 1.807) is 30.3 Å². The van der Waals surface area contributed by atoms with Crippen molar-refractivity contribution < 1.29 is 18.0 Å².